The van der Waals surface area contributed by atoms with Crippen molar-refractivity contribution in [3.63, 3.8) is 0 Å². The average molecular weight is 555 g/mol. The quantitative estimate of drug-likeness (QED) is 0.223. The number of nitrogens with one attached hydrogen (secondary N) is 1. The summed E-state index contributed by atoms with van der Waals surface area (Å²) >= 11 is 14.6. The van der Waals surface area contributed by atoms with Gasteiger partial charge in [0.25, 0.3) is 5.91 Å². The fraction of sp³-hybridized carbons (Fsp3) is 0.0909. The molecule has 0 aliphatic heterocycles. The van der Waals surface area contributed by atoms with Crippen LogP contribution in [0.2, 0.25) is 10.0 Å². The van der Waals surface area contributed by atoms with Crippen molar-refractivity contribution < 1.29 is 14.3 Å². The summed E-state index contributed by atoms with van der Waals surface area (Å²) < 4.78 is 12.2. The Morgan fingerprint density at radius 1 is 1.07 bits per heavy atom. The van der Waals surface area contributed by atoms with E-state index in [2.05, 4.69) is 33.1 Å². The van der Waals surface area contributed by atoms with Crippen LogP contribution in [0.25, 0.3) is 0 Å². The van der Waals surface area contributed by atoms with Crippen LogP contribution in [-0.2, 0) is 6.61 Å². The van der Waals surface area contributed by atoms with E-state index < -0.39 is 0 Å². The van der Waals surface area contributed by atoms with Gasteiger partial charge in [0, 0.05) is 24.7 Å². The Kier molecular flexibility index (Phi) is 7.95. The molecule has 0 bridgehead atoms. The lowest BCUT2D eigenvalue weighted by molar-refractivity contribution is 0.0955. The van der Waals surface area contributed by atoms with Crippen molar-refractivity contribution in [1.29, 1.82) is 0 Å². The minimum atomic E-state index is -0.289. The zero-order valence-electron chi connectivity index (χ0n) is 15.9. The number of rotatable bonds is 7. The lowest BCUT2D eigenvalue weighted by Gasteiger charge is -2.13. The van der Waals surface area contributed by atoms with Crippen LogP contribution in [0.4, 0.5) is 0 Å². The third kappa shape index (κ3) is 5.87. The molecule has 0 atom stereocenters. The van der Waals surface area contributed by atoms with Gasteiger partial charge in [0.1, 0.15) is 6.61 Å². The largest absolute Gasteiger partial charge is 0.493 e. The molecule has 0 heterocycles. The maximum Gasteiger partial charge on any atom is 0.271 e. The molecule has 0 saturated heterocycles. The summed E-state index contributed by atoms with van der Waals surface area (Å²) in [6.07, 6.45) is 1.53. The first-order valence-corrected chi connectivity index (χ1v) is 10.6. The molecular weight excluding hydrogens is 538 g/mol. The van der Waals surface area contributed by atoms with Gasteiger partial charge in [0.15, 0.2) is 11.5 Å². The number of methoxy groups -OCH3 is 1. The second-order valence-corrected chi connectivity index (χ2v) is 8.17. The van der Waals surface area contributed by atoms with E-state index in [-0.39, 0.29) is 12.5 Å². The summed E-state index contributed by atoms with van der Waals surface area (Å²) in [7, 11) is 1.56. The van der Waals surface area contributed by atoms with Gasteiger partial charge in [0.05, 0.1) is 13.3 Å². The number of halogens is 3. The molecule has 1 N–H and O–H groups in total. The molecule has 0 aliphatic rings. The number of carbonyl (C=O) groups excluding carboxylic acids is 1. The summed E-state index contributed by atoms with van der Waals surface area (Å²) in [6, 6.07) is 17.8. The molecule has 0 radical (unpaired) electrons. The van der Waals surface area contributed by atoms with Crippen LogP contribution >= 0.6 is 45.8 Å². The van der Waals surface area contributed by atoms with Gasteiger partial charge in [-0.3, -0.25) is 4.79 Å². The normalized spacial score (nSPS) is 10.8. The maximum atomic E-state index is 12.2. The van der Waals surface area contributed by atoms with Crippen LogP contribution in [0.1, 0.15) is 21.5 Å². The van der Waals surface area contributed by atoms with E-state index in [1.807, 2.05) is 12.1 Å². The standard InChI is InChI=1S/C22H17Cl2IN2O3/c1-29-20-9-8-14(12-26-27-22(28)15-4-2-5-16(25)11-15)10-21(20)30-13-17-18(23)6-3-7-19(17)24/h2-12H,13H2,1H3,(H,27,28)/b26-12-. The van der Waals surface area contributed by atoms with Gasteiger partial charge in [-0.25, -0.2) is 5.43 Å². The summed E-state index contributed by atoms with van der Waals surface area (Å²) in [6.45, 7) is 0.179. The van der Waals surface area contributed by atoms with Crippen LogP contribution in [-0.4, -0.2) is 19.2 Å². The Hall–Kier alpha value is -2.29. The molecule has 8 heteroatoms. The van der Waals surface area contributed by atoms with E-state index in [1.165, 1.54) is 6.21 Å². The summed E-state index contributed by atoms with van der Waals surface area (Å²) in [5, 5.41) is 5.08. The predicted octanol–water partition coefficient (Wildman–Crippen LogP) is 5.95. The SMILES string of the molecule is COc1ccc(/C=N\NC(=O)c2cccc(I)c2)cc1OCc1c(Cl)cccc1Cl. The van der Waals surface area contributed by atoms with E-state index in [1.54, 1.807) is 55.6 Å². The average Bonchev–Trinajstić information content (AvgIpc) is 2.73. The molecule has 30 heavy (non-hydrogen) atoms. The minimum absolute atomic E-state index is 0.179. The number of carbonyl (C=O) groups is 1. The topological polar surface area (TPSA) is 59.9 Å². The molecule has 0 unspecified atom stereocenters. The third-order valence-electron chi connectivity index (χ3n) is 4.09. The zero-order valence-corrected chi connectivity index (χ0v) is 19.5. The van der Waals surface area contributed by atoms with Gasteiger partial charge in [0.2, 0.25) is 0 Å². The van der Waals surface area contributed by atoms with Crippen molar-refractivity contribution >= 4 is 57.9 Å². The van der Waals surface area contributed by atoms with Crippen molar-refractivity contribution in [1.82, 2.24) is 5.43 Å². The first-order valence-electron chi connectivity index (χ1n) is 8.80. The summed E-state index contributed by atoms with van der Waals surface area (Å²) in [5.41, 5.74) is 4.46. The first-order chi connectivity index (χ1) is 14.5. The van der Waals surface area contributed by atoms with Crippen LogP contribution < -0.4 is 14.9 Å². The molecule has 5 nitrogen and oxygen atoms in total. The second kappa shape index (κ2) is 10.7. The van der Waals surface area contributed by atoms with E-state index >= 15 is 0 Å². The molecule has 0 aliphatic carbocycles. The molecule has 154 valence electrons. The van der Waals surface area contributed by atoms with Gasteiger partial charge in [-0.2, -0.15) is 5.10 Å². The van der Waals surface area contributed by atoms with Crippen LogP contribution in [0.5, 0.6) is 11.5 Å². The molecule has 0 spiro atoms. The molecule has 3 aromatic rings. The summed E-state index contributed by atoms with van der Waals surface area (Å²) in [5.74, 6) is 0.766. The smallest absolute Gasteiger partial charge is 0.271 e. The van der Waals surface area contributed by atoms with Crippen molar-refractivity contribution in [2.24, 2.45) is 5.10 Å². The Morgan fingerprint density at radius 3 is 2.50 bits per heavy atom. The molecule has 0 saturated carbocycles. The van der Waals surface area contributed by atoms with E-state index in [9.17, 15) is 4.79 Å². The van der Waals surface area contributed by atoms with Gasteiger partial charge in [-0.1, -0.05) is 35.3 Å². The van der Waals surface area contributed by atoms with Crippen LogP contribution in [0, 0.1) is 3.57 Å². The number of nitrogens with zero attached hydrogens (tertiary/aromatic N) is 1. The molecule has 1 amide bonds. The number of amides is 1. The highest BCUT2D eigenvalue weighted by Gasteiger charge is 2.10. The van der Waals surface area contributed by atoms with Crippen LogP contribution in [0.15, 0.2) is 65.8 Å². The van der Waals surface area contributed by atoms with Gasteiger partial charge >= 0.3 is 0 Å². The zero-order chi connectivity index (χ0) is 21.5. The highest BCUT2D eigenvalue weighted by molar-refractivity contribution is 14.1. The molecular formula is C22H17Cl2IN2O3. The van der Waals surface area contributed by atoms with E-state index in [0.29, 0.717) is 32.7 Å². The lowest BCUT2D eigenvalue weighted by atomic mass is 10.2. The first kappa shape index (κ1) is 22.4. The lowest BCUT2D eigenvalue weighted by Crippen LogP contribution is -2.17. The van der Waals surface area contributed by atoms with Crippen molar-refractivity contribution in [2.75, 3.05) is 7.11 Å². The fourth-order valence-electron chi connectivity index (χ4n) is 2.57. The number of hydrogen-bond donors (Lipinski definition) is 1. The summed E-state index contributed by atoms with van der Waals surface area (Å²) in [4.78, 5) is 12.2. The minimum Gasteiger partial charge on any atom is -0.493 e. The van der Waals surface area contributed by atoms with E-state index in [0.717, 1.165) is 9.13 Å². The maximum absolute atomic E-state index is 12.2. The number of hydrogen-bond acceptors (Lipinski definition) is 4. The second-order valence-electron chi connectivity index (χ2n) is 6.11. The van der Waals surface area contributed by atoms with Crippen molar-refractivity contribution in [3.05, 3.63) is 91.0 Å². The van der Waals surface area contributed by atoms with Crippen molar-refractivity contribution in [2.45, 2.75) is 6.61 Å². The fourth-order valence-corrected chi connectivity index (χ4v) is 3.62. The van der Waals surface area contributed by atoms with E-state index in [4.69, 9.17) is 32.7 Å². The predicted molar refractivity (Wildman–Crippen MR) is 128 cm³/mol. The Balaban J connectivity index is 1.70. The molecule has 3 aromatic carbocycles. The third-order valence-corrected chi connectivity index (χ3v) is 5.47. The van der Waals surface area contributed by atoms with Crippen LogP contribution in [0.3, 0.4) is 0 Å². The Morgan fingerprint density at radius 2 is 1.80 bits per heavy atom. The van der Waals surface area contributed by atoms with Gasteiger partial charge < -0.3 is 9.47 Å². The number of ether oxygens (including phenoxy) is 2. The number of benzene rings is 3. The number of hydrazone groups is 1. The van der Waals surface area contributed by atoms with Gasteiger partial charge in [-0.15, -0.1) is 0 Å². The monoisotopic (exact) mass is 554 g/mol. The molecule has 0 fully saturated rings. The Labute approximate surface area is 198 Å². The van der Waals surface area contributed by atoms with Crippen molar-refractivity contribution in [3.8, 4) is 11.5 Å². The Bertz CT molecular complexity index is 1070. The highest BCUT2D eigenvalue weighted by Crippen LogP contribution is 2.31. The highest BCUT2D eigenvalue weighted by atomic mass is 127. The molecule has 0 aromatic heterocycles. The molecule has 3 rings (SSSR count). The van der Waals surface area contributed by atoms with Gasteiger partial charge in [-0.05, 0) is 76.7 Å².